The van der Waals surface area contributed by atoms with E-state index in [2.05, 4.69) is 15.5 Å². The minimum Gasteiger partial charge on any atom is -0.483 e. The number of amides is 1. The van der Waals surface area contributed by atoms with Gasteiger partial charge in [-0.15, -0.1) is 11.3 Å². The predicted molar refractivity (Wildman–Crippen MR) is 78.4 cm³/mol. The van der Waals surface area contributed by atoms with Crippen molar-refractivity contribution >= 4 is 23.1 Å². The summed E-state index contributed by atoms with van der Waals surface area (Å²) in [4.78, 5) is 16.6. The van der Waals surface area contributed by atoms with Crippen LogP contribution >= 0.6 is 11.3 Å². The number of nitrogens with one attached hydrogen (secondary N) is 1. The van der Waals surface area contributed by atoms with Crippen molar-refractivity contribution in [1.29, 1.82) is 0 Å². The molecule has 110 valence electrons. The number of aromatic nitrogens is 1. The van der Waals surface area contributed by atoms with Gasteiger partial charge in [0.2, 0.25) is 0 Å². The molecule has 0 saturated heterocycles. The van der Waals surface area contributed by atoms with Gasteiger partial charge in [-0.25, -0.2) is 0 Å². The number of nitrogens with zero attached hydrogens (tertiary/aromatic N) is 2. The quantitative estimate of drug-likeness (QED) is 0.318. The van der Waals surface area contributed by atoms with Gasteiger partial charge >= 0.3 is 0 Å². The predicted octanol–water partition coefficient (Wildman–Crippen LogP) is 0.933. The molecule has 1 heterocycles. The van der Waals surface area contributed by atoms with Crippen molar-refractivity contribution in [3.05, 3.63) is 46.4 Å². The minimum atomic E-state index is -0.266. The van der Waals surface area contributed by atoms with Crippen LogP contribution in [0.3, 0.4) is 0 Å². The van der Waals surface area contributed by atoms with Crippen LogP contribution in [0.15, 0.2) is 41.1 Å². The van der Waals surface area contributed by atoms with E-state index in [4.69, 9.17) is 15.7 Å². The number of carbonyl (C=O) groups excluding carboxylic acids is 1. The molecule has 0 spiro atoms. The Balaban J connectivity index is 1.89. The lowest BCUT2D eigenvalue weighted by Crippen LogP contribution is -2.28. The third-order valence-corrected chi connectivity index (χ3v) is 3.35. The zero-order valence-electron chi connectivity index (χ0n) is 11.0. The molecule has 4 N–H and O–H groups in total. The first-order valence-corrected chi connectivity index (χ1v) is 6.92. The van der Waals surface area contributed by atoms with Crippen LogP contribution < -0.4 is 15.8 Å². The third-order valence-electron chi connectivity index (χ3n) is 2.57. The largest absolute Gasteiger partial charge is 0.483 e. The molecular weight excluding hydrogens is 292 g/mol. The van der Waals surface area contributed by atoms with Crippen LogP contribution in [-0.2, 0) is 11.3 Å². The van der Waals surface area contributed by atoms with E-state index in [1.807, 2.05) is 0 Å². The molecule has 1 aromatic heterocycles. The van der Waals surface area contributed by atoms with E-state index in [-0.39, 0.29) is 18.3 Å². The highest BCUT2D eigenvalue weighted by Gasteiger charge is 2.09. The zero-order chi connectivity index (χ0) is 15.1. The second kappa shape index (κ2) is 7.25. The van der Waals surface area contributed by atoms with E-state index in [1.54, 1.807) is 36.0 Å². The normalized spacial score (nSPS) is 11.1. The number of nitrogens with two attached hydrogens (primary N) is 1. The van der Waals surface area contributed by atoms with Crippen LogP contribution in [0, 0.1) is 0 Å². The van der Waals surface area contributed by atoms with Gasteiger partial charge in [-0.2, -0.15) is 0 Å². The molecule has 7 nitrogen and oxygen atoms in total. The van der Waals surface area contributed by atoms with E-state index >= 15 is 0 Å². The molecular formula is C13H14N4O3S. The Morgan fingerprint density at radius 3 is 3.00 bits per heavy atom. The second-order valence-electron chi connectivity index (χ2n) is 4.01. The summed E-state index contributed by atoms with van der Waals surface area (Å²) in [5.41, 5.74) is 7.66. The molecule has 0 fully saturated rings. The van der Waals surface area contributed by atoms with Crippen LogP contribution in [0.4, 0.5) is 0 Å². The molecule has 0 aliphatic heterocycles. The van der Waals surface area contributed by atoms with Crippen LogP contribution in [0.5, 0.6) is 5.75 Å². The topological polar surface area (TPSA) is 110 Å². The van der Waals surface area contributed by atoms with Crippen molar-refractivity contribution in [3.8, 4) is 5.75 Å². The fourth-order valence-corrected chi connectivity index (χ4v) is 2.10. The Bertz CT molecular complexity index is 628. The summed E-state index contributed by atoms with van der Waals surface area (Å²) in [6.07, 6.45) is 1.69. The molecule has 1 amide bonds. The SMILES string of the molecule is N/C(=N/O)c1ccccc1OCC(=O)NCc1cncs1. The fourth-order valence-electron chi connectivity index (χ4n) is 1.57. The van der Waals surface area contributed by atoms with Gasteiger partial charge in [0.1, 0.15) is 5.75 Å². The summed E-state index contributed by atoms with van der Waals surface area (Å²) >= 11 is 1.46. The monoisotopic (exact) mass is 306 g/mol. The van der Waals surface area contributed by atoms with Crippen molar-refractivity contribution in [3.63, 3.8) is 0 Å². The molecule has 2 rings (SSSR count). The van der Waals surface area contributed by atoms with Gasteiger partial charge in [0.15, 0.2) is 12.4 Å². The van der Waals surface area contributed by atoms with Gasteiger partial charge in [-0.3, -0.25) is 9.78 Å². The molecule has 0 atom stereocenters. The van der Waals surface area contributed by atoms with Crippen LogP contribution in [0.25, 0.3) is 0 Å². The molecule has 0 aliphatic rings. The van der Waals surface area contributed by atoms with Gasteiger partial charge < -0.3 is 21.0 Å². The first-order chi connectivity index (χ1) is 10.2. The second-order valence-corrected chi connectivity index (χ2v) is 4.99. The van der Waals surface area contributed by atoms with Crippen molar-refractivity contribution in [2.45, 2.75) is 6.54 Å². The Morgan fingerprint density at radius 1 is 1.48 bits per heavy atom. The van der Waals surface area contributed by atoms with Crippen LogP contribution in [-0.4, -0.2) is 28.5 Å². The third kappa shape index (κ3) is 4.18. The summed E-state index contributed by atoms with van der Waals surface area (Å²) < 4.78 is 5.40. The highest BCUT2D eigenvalue weighted by molar-refractivity contribution is 7.09. The lowest BCUT2D eigenvalue weighted by atomic mass is 10.2. The Kier molecular flexibility index (Phi) is 5.10. The summed E-state index contributed by atoms with van der Waals surface area (Å²) in [6.45, 7) is 0.253. The maximum absolute atomic E-state index is 11.7. The highest BCUT2D eigenvalue weighted by Crippen LogP contribution is 2.17. The lowest BCUT2D eigenvalue weighted by Gasteiger charge is -2.10. The molecule has 1 aromatic carbocycles. The summed E-state index contributed by atoms with van der Waals surface area (Å²) in [5, 5.41) is 14.3. The van der Waals surface area contributed by atoms with Crippen molar-refractivity contribution in [2.75, 3.05) is 6.61 Å². The minimum absolute atomic E-state index is 0.0735. The number of benzene rings is 1. The number of amidine groups is 1. The number of carbonyl (C=O) groups is 1. The van der Waals surface area contributed by atoms with Gasteiger partial charge in [0.05, 0.1) is 17.6 Å². The van der Waals surface area contributed by atoms with Crippen molar-refractivity contribution in [2.24, 2.45) is 10.9 Å². The molecule has 2 aromatic rings. The fraction of sp³-hybridized carbons (Fsp3) is 0.154. The molecule has 0 saturated carbocycles. The standard InChI is InChI=1S/C13H14N4O3S/c14-13(17-19)10-3-1-2-4-11(10)20-7-12(18)16-6-9-5-15-8-21-9/h1-5,8,19H,6-7H2,(H2,14,17)(H,16,18). The average Bonchev–Trinajstić information content (AvgIpc) is 3.04. The van der Waals surface area contributed by atoms with Crippen molar-refractivity contribution < 1.29 is 14.7 Å². The number of hydrogen-bond donors (Lipinski definition) is 3. The average molecular weight is 306 g/mol. The van der Waals surface area contributed by atoms with E-state index < -0.39 is 0 Å². The lowest BCUT2D eigenvalue weighted by molar-refractivity contribution is -0.123. The molecule has 8 heteroatoms. The Labute approximate surface area is 125 Å². The van der Waals surface area contributed by atoms with Crippen LogP contribution in [0.1, 0.15) is 10.4 Å². The highest BCUT2D eigenvalue weighted by atomic mass is 32.1. The zero-order valence-corrected chi connectivity index (χ0v) is 11.8. The first-order valence-electron chi connectivity index (χ1n) is 6.04. The number of para-hydroxylation sites is 1. The van der Waals surface area contributed by atoms with E-state index in [0.717, 1.165) is 4.88 Å². The Hall–Kier alpha value is -2.61. The number of oxime groups is 1. The van der Waals surface area contributed by atoms with Crippen molar-refractivity contribution in [1.82, 2.24) is 10.3 Å². The number of ether oxygens (including phenoxy) is 1. The molecule has 21 heavy (non-hydrogen) atoms. The summed E-state index contributed by atoms with van der Waals surface area (Å²) in [5.74, 6) is 0.0362. The summed E-state index contributed by atoms with van der Waals surface area (Å²) in [6, 6.07) is 6.74. The van der Waals surface area contributed by atoms with Gasteiger partial charge in [0.25, 0.3) is 5.91 Å². The molecule has 0 aliphatic carbocycles. The number of thiazole rings is 1. The first kappa shape index (κ1) is 14.8. The number of hydrogen-bond acceptors (Lipinski definition) is 6. The maximum Gasteiger partial charge on any atom is 0.258 e. The summed E-state index contributed by atoms with van der Waals surface area (Å²) in [7, 11) is 0. The van der Waals surface area contributed by atoms with E-state index in [9.17, 15) is 4.79 Å². The Morgan fingerprint density at radius 2 is 2.29 bits per heavy atom. The maximum atomic E-state index is 11.7. The van der Waals surface area contributed by atoms with Gasteiger partial charge in [-0.05, 0) is 12.1 Å². The van der Waals surface area contributed by atoms with E-state index in [1.165, 1.54) is 11.3 Å². The number of rotatable bonds is 6. The van der Waals surface area contributed by atoms with Gasteiger partial charge in [-0.1, -0.05) is 17.3 Å². The smallest absolute Gasteiger partial charge is 0.258 e. The molecule has 0 unspecified atom stereocenters. The van der Waals surface area contributed by atoms with E-state index in [0.29, 0.717) is 17.9 Å². The van der Waals surface area contributed by atoms with Crippen LogP contribution in [0.2, 0.25) is 0 Å². The van der Waals surface area contributed by atoms with Gasteiger partial charge in [0, 0.05) is 11.1 Å². The molecule has 0 bridgehead atoms. The molecule has 0 radical (unpaired) electrons.